The van der Waals surface area contributed by atoms with E-state index in [1.54, 1.807) is 7.11 Å². The van der Waals surface area contributed by atoms with Gasteiger partial charge in [0.15, 0.2) is 5.11 Å². The molecule has 2 N–H and O–H groups in total. The van der Waals surface area contributed by atoms with Crippen LogP contribution < -0.4 is 15.4 Å². The third kappa shape index (κ3) is 3.10. The maximum atomic E-state index is 11.3. The molecule has 18 heavy (non-hydrogen) atoms. The van der Waals surface area contributed by atoms with E-state index in [0.717, 1.165) is 11.4 Å². The first-order valence-electron chi connectivity index (χ1n) is 5.57. The number of hydrogen-bond donors (Lipinski definition) is 2. The van der Waals surface area contributed by atoms with Gasteiger partial charge in [0.25, 0.3) is 0 Å². The van der Waals surface area contributed by atoms with Gasteiger partial charge >= 0.3 is 5.97 Å². The van der Waals surface area contributed by atoms with Gasteiger partial charge in [0.1, 0.15) is 11.8 Å². The first-order chi connectivity index (χ1) is 8.69. The fraction of sp³-hybridized carbons (Fsp3) is 0.333. The highest BCUT2D eigenvalue weighted by Crippen LogP contribution is 2.16. The maximum absolute atomic E-state index is 11.3. The lowest BCUT2D eigenvalue weighted by Gasteiger charge is -2.13. The average Bonchev–Trinajstić information content (AvgIpc) is 2.75. The van der Waals surface area contributed by atoms with Crippen molar-refractivity contribution in [3.63, 3.8) is 0 Å². The van der Waals surface area contributed by atoms with E-state index in [2.05, 4.69) is 10.6 Å². The van der Waals surface area contributed by atoms with Gasteiger partial charge in [0.05, 0.1) is 13.7 Å². The van der Waals surface area contributed by atoms with E-state index in [9.17, 15) is 4.79 Å². The Hall–Kier alpha value is -1.82. The molecular weight excluding hydrogens is 252 g/mol. The Bertz CT molecular complexity index is 464. The number of thiocarbonyl (C=S) groups is 1. The average molecular weight is 266 g/mol. The molecule has 6 heteroatoms. The summed E-state index contributed by atoms with van der Waals surface area (Å²) in [4.78, 5) is 11.3. The summed E-state index contributed by atoms with van der Waals surface area (Å²) in [6.45, 7) is 0.443. The highest BCUT2D eigenvalue weighted by atomic mass is 32.1. The van der Waals surface area contributed by atoms with Crippen LogP contribution in [0.4, 0.5) is 5.69 Å². The van der Waals surface area contributed by atoms with Gasteiger partial charge in [-0.3, -0.25) is 0 Å². The van der Waals surface area contributed by atoms with Gasteiger partial charge < -0.3 is 20.1 Å². The number of benzene rings is 1. The van der Waals surface area contributed by atoms with Crippen LogP contribution in [0.15, 0.2) is 24.3 Å². The molecule has 2 rings (SSSR count). The van der Waals surface area contributed by atoms with E-state index in [4.69, 9.17) is 21.7 Å². The lowest BCUT2D eigenvalue weighted by Crippen LogP contribution is -2.40. The molecule has 1 aromatic carbocycles. The molecule has 1 fully saturated rings. The van der Waals surface area contributed by atoms with Crippen LogP contribution in [0.2, 0.25) is 0 Å². The number of hydrogen-bond acceptors (Lipinski definition) is 4. The number of anilines is 1. The molecule has 1 aromatic rings. The minimum absolute atomic E-state index is 0.259. The Balaban J connectivity index is 1.92. The van der Waals surface area contributed by atoms with Gasteiger partial charge in [-0.15, -0.1) is 0 Å². The van der Waals surface area contributed by atoms with Crippen molar-refractivity contribution in [1.29, 1.82) is 0 Å². The predicted molar refractivity (Wildman–Crippen MR) is 71.7 cm³/mol. The SMILES string of the molecule is COc1cccc(NC(=S)N[C@H]2CCOC2=O)c1. The molecule has 5 nitrogen and oxygen atoms in total. The van der Waals surface area contributed by atoms with E-state index < -0.39 is 0 Å². The molecular formula is C12H14N2O3S. The summed E-state index contributed by atoms with van der Waals surface area (Å²) < 4.78 is 9.95. The molecule has 0 radical (unpaired) electrons. The summed E-state index contributed by atoms with van der Waals surface area (Å²) in [6, 6.07) is 7.03. The normalized spacial score (nSPS) is 18.1. The van der Waals surface area contributed by atoms with Crippen molar-refractivity contribution in [2.24, 2.45) is 0 Å². The molecule has 0 bridgehead atoms. The first-order valence-corrected chi connectivity index (χ1v) is 5.98. The number of rotatable bonds is 3. The van der Waals surface area contributed by atoms with Crippen LogP contribution >= 0.6 is 12.2 Å². The second-order valence-electron chi connectivity index (χ2n) is 3.84. The molecule has 0 aliphatic carbocycles. The zero-order valence-corrected chi connectivity index (χ0v) is 10.8. The van der Waals surface area contributed by atoms with E-state index in [-0.39, 0.29) is 12.0 Å². The van der Waals surface area contributed by atoms with Crippen LogP contribution in [0.25, 0.3) is 0 Å². The lowest BCUT2D eigenvalue weighted by molar-refractivity contribution is -0.139. The molecule has 1 aliphatic heterocycles. The molecule has 0 saturated carbocycles. The standard InChI is InChI=1S/C12H14N2O3S/c1-16-9-4-2-3-8(7-9)13-12(18)14-10-5-6-17-11(10)15/h2-4,7,10H,5-6H2,1H3,(H2,13,14,18)/t10-/m0/s1. The third-order valence-electron chi connectivity index (χ3n) is 2.57. The number of nitrogens with one attached hydrogen (secondary N) is 2. The summed E-state index contributed by atoms with van der Waals surface area (Å²) >= 11 is 5.13. The van der Waals surface area contributed by atoms with Crippen LogP contribution in [-0.2, 0) is 9.53 Å². The summed E-state index contributed by atoms with van der Waals surface area (Å²) in [5.41, 5.74) is 0.804. The monoisotopic (exact) mass is 266 g/mol. The van der Waals surface area contributed by atoms with Crippen LogP contribution in [-0.4, -0.2) is 30.8 Å². The highest BCUT2D eigenvalue weighted by molar-refractivity contribution is 7.80. The smallest absolute Gasteiger partial charge is 0.328 e. The van der Waals surface area contributed by atoms with E-state index in [0.29, 0.717) is 18.1 Å². The van der Waals surface area contributed by atoms with Crippen LogP contribution in [0.1, 0.15) is 6.42 Å². The van der Waals surface area contributed by atoms with Gasteiger partial charge in [0, 0.05) is 18.2 Å². The van der Waals surface area contributed by atoms with Gasteiger partial charge in [0.2, 0.25) is 0 Å². The van der Waals surface area contributed by atoms with E-state index >= 15 is 0 Å². The number of ether oxygens (including phenoxy) is 2. The number of esters is 1. The quantitative estimate of drug-likeness (QED) is 0.635. The molecule has 1 heterocycles. The Morgan fingerprint density at radius 2 is 2.39 bits per heavy atom. The summed E-state index contributed by atoms with van der Waals surface area (Å²) in [7, 11) is 1.60. The van der Waals surface area contributed by atoms with Crippen LogP contribution in [0.3, 0.4) is 0 Å². The third-order valence-corrected chi connectivity index (χ3v) is 2.79. The van der Waals surface area contributed by atoms with Crippen LogP contribution in [0, 0.1) is 0 Å². The lowest BCUT2D eigenvalue weighted by atomic mass is 10.2. The second-order valence-corrected chi connectivity index (χ2v) is 4.25. The largest absolute Gasteiger partial charge is 0.497 e. The van der Waals surface area contributed by atoms with Gasteiger partial charge in [-0.2, -0.15) is 0 Å². The number of carbonyl (C=O) groups is 1. The summed E-state index contributed by atoms with van der Waals surface area (Å²) in [5.74, 6) is 0.480. The van der Waals surface area contributed by atoms with Crippen molar-refractivity contribution in [2.45, 2.75) is 12.5 Å². The van der Waals surface area contributed by atoms with E-state index in [1.165, 1.54) is 0 Å². The Morgan fingerprint density at radius 3 is 3.06 bits per heavy atom. The summed E-state index contributed by atoms with van der Waals surface area (Å²) in [5, 5.41) is 6.31. The van der Waals surface area contributed by atoms with Crippen molar-refractivity contribution in [1.82, 2.24) is 5.32 Å². The molecule has 1 aliphatic rings. The minimum atomic E-state index is -0.351. The topological polar surface area (TPSA) is 59.6 Å². The number of cyclic esters (lactones) is 1. The molecule has 96 valence electrons. The maximum Gasteiger partial charge on any atom is 0.328 e. The highest BCUT2D eigenvalue weighted by Gasteiger charge is 2.26. The molecule has 0 aromatic heterocycles. The predicted octanol–water partition coefficient (Wildman–Crippen LogP) is 1.30. The summed E-state index contributed by atoms with van der Waals surface area (Å²) in [6.07, 6.45) is 0.638. The van der Waals surface area contributed by atoms with Gasteiger partial charge in [-0.25, -0.2) is 4.79 Å². The van der Waals surface area contributed by atoms with Crippen LogP contribution in [0.5, 0.6) is 5.75 Å². The van der Waals surface area contributed by atoms with Crippen molar-refractivity contribution in [3.05, 3.63) is 24.3 Å². The molecule has 0 spiro atoms. The number of methoxy groups -OCH3 is 1. The molecule has 1 saturated heterocycles. The first kappa shape index (κ1) is 12.6. The van der Waals surface area contributed by atoms with Gasteiger partial charge in [-0.1, -0.05) is 6.07 Å². The second kappa shape index (κ2) is 5.68. The van der Waals surface area contributed by atoms with Crippen molar-refractivity contribution in [3.8, 4) is 5.75 Å². The Labute approximate surface area is 110 Å². The Morgan fingerprint density at radius 1 is 1.56 bits per heavy atom. The zero-order chi connectivity index (χ0) is 13.0. The molecule has 1 atom stereocenters. The number of carbonyl (C=O) groups excluding carboxylic acids is 1. The Kier molecular flexibility index (Phi) is 3.99. The molecule has 0 amide bonds. The van der Waals surface area contributed by atoms with Crippen molar-refractivity contribution >= 4 is 29.0 Å². The van der Waals surface area contributed by atoms with Crippen molar-refractivity contribution in [2.75, 3.05) is 19.0 Å². The fourth-order valence-electron chi connectivity index (χ4n) is 1.65. The van der Waals surface area contributed by atoms with E-state index in [1.807, 2.05) is 24.3 Å². The van der Waals surface area contributed by atoms with Crippen molar-refractivity contribution < 1.29 is 14.3 Å². The fourth-order valence-corrected chi connectivity index (χ4v) is 1.91. The molecule has 0 unspecified atom stereocenters. The van der Waals surface area contributed by atoms with Gasteiger partial charge in [-0.05, 0) is 24.4 Å². The minimum Gasteiger partial charge on any atom is -0.497 e. The zero-order valence-electron chi connectivity index (χ0n) is 9.93.